The number of hydrogen-bond donors (Lipinski definition) is 0. The van der Waals surface area contributed by atoms with Crippen molar-refractivity contribution in [2.45, 2.75) is 488 Å². The van der Waals surface area contributed by atoms with Gasteiger partial charge >= 0.3 is 0 Å². The highest BCUT2D eigenvalue weighted by molar-refractivity contribution is 5.21. The third-order valence-electron chi connectivity index (χ3n) is 62.3. The lowest BCUT2D eigenvalue weighted by Gasteiger charge is -2.51. The molecule has 32 bridgehead atoms. The average Bonchev–Trinajstić information content (AvgIpc) is 1.51. The maximum absolute atomic E-state index is 1.70. The molecule has 0 spiro atoms. The second-order valence-electron chi connectivity index (χ2n) is 65.1. The summed E-state index contributed by atoms with van der Waals surface area (Å²) in [7, 11) is 0. The van der Waals surface area contributed by atoms with Crippen LogP contribution >= 0.6 is 0 Å². The Hall–Kier alpha value is 0. The van der Waals surface area contributed by atoms with Gasteiger partial charge < -0.3 is 0 Å². The first-order chi connectivity index (χ1) is 68.3. The van der Waals surface area contributed by atoms with Crippen LogP contribution in [0.5, 0.6) is 0 Å². The average molecular weight is 1870 g/mol. The molecule has 766 valence electrons. The van der Waals surface area contributed by atoms with Crippen LogP contribution in [-0.4, -0.2) is 0 Å². The Labute approximate surface area is 849 Å². The highest BCUT2D eigenvalue weighted by atomic mass is 14.8. The van der Waals surface area contributed by atoms with E-state index < -0.39 is 0 Å². The van der Waals surface area contributed by atoms with Crippen molar-refractivity contribution in [2.75, 3.05) is 0 Å². The minimum atomic E-state index is 1.16. The van der Waals surface area contributed by atoms with E-state index in [4.69, 9.17) is 0 Å². The van der Waals surface area contributed by atoms with Gasteiger partial charge in [-0.25, -0.2) is 0 Å². The molecule has 0 heterocycles. The molecule has 138 heavy (non-hydrogen) atoms. The Morgan fingerprint density at radius 3 is 0.623 bits per heavy atom. The molecule has 43 aliphatic rings. The Morgan fingerprint density at radius 2 is 0.283 bits per heavy atom. The van der Waals surface area contributed by atoms with Crippen molar-refractivity contribution < 1.29 is 0 Å². The predicted molar refractivity (Wildman–Crippen MR) is 567 cm³/mol. The van der Waals surface area contributed by atoms with Crippen LogP contribution in [0.1, 0.15) is 488 Å². The fourth-order valence-corrected chi connectivity index (χ4v) is 59.0. The van der Waals surface area contributed by atoms with Crippen LogP contribution in [0, 0.1) is 367 Å². The van der Waals surface area contributed by atoms with Gasteiger partial charge in [0.05, 0.1) is 0 Å². The molecule has 43 saturated carbocycles. The molecule has 0 amide bonds. The molecule has 43 aliphatic carbocycles. The molecule has 0 radical (unpaired) electrons. The largest absolute Gasteiger partial charge is 0.0530 e. The highest BCUT2D eigenvalue weighted by Gasteiger charge is 2.73. The van der Waals surface area contributed by atoms with E-state index in [0.29, 0.717) is 0 Å². The number of rotatable bonds is 0. The zero-order valence-corrected chi connectivity index (χ0v) is 89.5. The van der Waals surface area contributed by atoms with Gasteiger partial charge in [-0.05, 0) is 733 Å². The van der Waals surface area contributed by atoms with Crippen LogP contribution < -0.4 is 0 Å². The molecule has 0 heteroatoms. The van der Waals surface area contributed by atoms with Crippen LogP contribution in [0.4, 0.5) is 0 Å². The molecule has 0 aromatic carbocycles. The fraction of sp³-hybridized carbons (Fsp3) is 1.00. The fourth-order valence-electron chi connectivity index (χ4n) is 59.0. The minimum absolute atomic E-state index is 1.16. The molecule has 0 aromatic heterocycles. The zero-order valence-electron chi connectivity index (χ0n) is 89.5. The van der Waals surface area contributed by atoms with Gasteiger partial charge in [0.25, 0.3) is 0 Å². The molecule has 0 saturated heterocycles. The molecule has 0 nitrogen and oxygen atoms in total. The Kier molecular flexibility index (Phi) is 24.3. The van der Waals surface area contributed by atoms with Gasteiger partial charge in [-0.1, -0.05) is 122 Å². The van der Waals surface area contributed by atoms with E-state index in [1.165, 1.54) is 350 Å². The topological polar surface area (TPSA) is 0 Å². The van der Waals surface area contributed by atoms with E-state index in [9.17, 15) is 0 Å². The van der Waals surface area contributed by atoms with Crippen LogP contribution in [0.2, 0.25) is 0 Å². The first-order valence-electron chi connectivity index (χ1n) is 68.3. The van der Waals surface area contributed by atoms with E-state index >= 15 is 0 Å². The highest BCUT2D eigenvalue weighted by Crippen LogP contribution is 2.80. The predicted octanol–water partition coefficient (Wildman–Crippen LogP) is 37.3. The molecule has 0 N–H and O–H groups in total. The lowest BCUT2D eigenvalue weighted by Crippen LogP contribution is -2.43. The molecular formula is C138H214. The SMILES string of the molecule is C1CC2C(C1)C1CC2C2C3CCC(C3)C12.C1CC2C3CCC(C3)C2C1.C1CC2C3CCC2CC1C3.C1CC2CC1C1C3CC(C21)C1C2CCC(C2)C31.C1CC2CC1C1C3CC(C4CCC43)C21.C1CC2CC1C1C3CCC(C3)C21.C1CC2CC3CC1C2C3.C1CC2CCC(C1)C2.C1CCC2C(C1)CCC1C3CCCC3CCC21.C1CCC2C3CCC(C3)C2C1.C1CCC2CC3C4CCC(C4)C3CC2C1. The summed E-state index contributed by atoms with van der Waals surface area (Å²) in [6.45, 7) is 0. The van der Waals surface area contributed by atoms with Crippen molar-refractivity contribution in [2.24, 2.45) is 367 Å². The number of hydrogen-bond acceptors (Lipinski definition) is 0. The second-order valence-corrected chi connectivity index (χ2v) is 65.1. The van der Waals surface area contributed by atoms with Crippen molar-refractivity contribution in [1.29, 1.82) is 0 Å². The van der Waals surface area contributed by atoms with Gasteiger partial charge in [0.15, 0.2) is 0 Å². The second kappa shape index (κ2) is 36.9. The molecule has 54 atom stereocenters. The lowest BCUT2D eigenvalue weighted by atomic mass is 9.54. The zero-order chi connectivity index (χ0) is 89.5. The van der Waals surface area contributed by atoms with Gasteiger partial charge in [-0.15, -0.1) is 0 Å². The van der Waals surface area contributed by atoms with Gasteiger partial charge in [0, 0.05) is 0 Å². The quantitative estimate of drug-likeness (QED) is 0.212. The van der Waals surface area contributed by atoms with Crippen molar-refractivity contribution in [1.82, 2.24) is 0 Å². The molecule has 0 aliphatic heterocycles. The van der Waals surface area contributed by atoms with E-state index in [2.05, 4.69) is 0 Å². The van der Waals surface area contributed by atoms with E-state index in [1.54, 1.807) is 482 Å². The Balaban J connectivity index is 0.0000000695. The van der Waals surface area contributed by atoms with E-state index in [-0.39, 0.29) is 0 Å². The summed E-state index contributed by atoms with van der Waals surface area (Å²) in [4.78, 5) is 0. The van der Waals surface area contributed by atoms with E-state index in [1.807, 2.05) is 0 Å². The first-order valence-corrected chi connectivity index (χ1v) is 68.3. The molecule has 43 rings (SSSR count). The summed E-state index contributed by atoms with van der Waals surface area (Å²) in [6, 6.07) is 0. The van der Waals surface area contributed by atoms with Crippen molar-refractivity contribution in [3.63, 3.8) is 0 Å². The van der Waals surface area contributed by atoms with E-state index in [0.717, 1.165) is 23.7 Å². The summed E-state index contributed by atoms with van der Waals surface area (Å²) >= 11 is 0. The van der Waals surface area contributed by atoms with Crippen molar-refractivity contribution in [3.05, 3.63) is 0 Å². The first kappa shape index (κ1) is 90.7. The Morgan fingerprint density at radius 1 is 0.0652 bits per heavy atom. The van der Waals surface area contributed by atoms with Crippen LogP contribution in [-0.2, 0) is 0 Å². The minimum Gasteiger partial charge on any atom is -0.0530 e. The van der Waals surface area contributed by atoms with Gasteiger partial charge in [0.1, 0.15) is 0 Å². The third kappa shape index (κ3) is 15.1. The maximum atomic E-state index is 1.70. The standard InChI is InChI=1S/C17H24.C17H28.C15H22.C15H24.C14H20.C12H18.C11H18.2C10H16.C9H14.C8H14/c1-2-9-5-8(1)14-12-7-13(15(9)14)17-11-4-3-10(6-11)16(12)17;1-2-6-14-12(4-1)8-10-17-15-7-3-5-13(15)9-11-16(14)17;1-2-10-11(3-1)13-7-12(10)14-8-4-5-9(6-8)15(13)14;1-2-4-11-9-15-13-6-5-12(7-13)14(15)8-10(11)3-1;1-2-8-5-7(1)13-11-6-12(14(8)13)10-4-3-9(10)11;1-2-8-5-7(1)11-9-3-4-10(6-9)12(8)11;1-2-4-11-9-6-5-8(7-9)10(11)3-1;1-4-10-8-2-3-9(10)6-7(1)5-8;1-2-9-7-4-5-8(6-7)10(9)3-1;1-2-8-4-6-3-7(1)9(8)5-6;1-2-7-4-5-8(3-1)6-7/h8-17H,1-7H2;12-17H,1-11H2;8-15H,1-7H2;10-15H,1-9H2;7-14H,1-6H2;7-12H,1-6H2;8-11H,1-7H2;2*7-10H,1-6H2;6-9H,1-5H2;7-8H,1-6H2. The molecule has 43 fully saturated rings. The van der Waals surface area contributed by atoms with Crippen LogP contribution in [0.15, 0.2) is 0 Å². The van der Waals surface area contributed by atoms with Gasteiger partial charge in [-0.3, -0.25) is 0 Å². The Bertz CT molecular complexity index is 3940. The number of fused-ring (bicyclic) bond motifs is 74. The summed E-state index contributed by atoms with van der Waals surface area (Å²) in [6.07, 6.45) is 122. The summed E-state index contributed by atoms with van der Waals surface area (Å²) < 4.78 is 0. The van der Waals surface area contributed by atoms with Gasteiger partial charge in [-0.2, -0.15) is 0 Å². The third-order valence-corrected chi connectivity index (χ3v) is 62.3. The summed E-state index contributed by atoms with van der Waals surface area (Å²) in [5, 5.41) is 0. The molecule has 0 aromatic rings. The lowest BCUT2D eigenvalue weighted by molar-refractivity contribution is -0.0184. The molecular weight excluding hydrogens is 1660 g/mol. The summed E-state index contributed by atoms with van der Waals surface area (Å²) in [5.74, 6) is 74.8. The molecule has 54 unspecified atom stereocenters. The van der Waals surface area contributed by atoms with Gasteiger partial charge in [0.2, 0.25) is 0 Å². The van der Waals surface area contributed by atoms with Crippen LogP contribution in [0.25, 0.3) is 0 Å². The normalized spacial score (nSPS) is 61.7. The van der Waals surface area contributed by atoms with Crippen molar-refractivity contribution >= 4 is 0 Å². The monoisotopic (exact) mass is 1870 g/mol. The van der Waals surface area contributed by atoms with Crippen LogP contribution in [0.3, 0.4) is 0 Å². The summed E-state index contributed by atoms with van der Waals surface area (Å²) in [5.41, 5.74) is 0. The smallest absolute Gasteiger partial charge is 0.0321 e. The van der Waals surface area contributed by atoms with Crippen molar-refractivity contribution in [3.8, 4) is 0 Å². The maximum Gasteiger partial charge on any atom is -0.0321 e.